The fourth-order valence-corrected chi connectivity index (χ4v) is 2.25. The molecule has 0 saturated carbocycles. The molecule has 0 fully saturated rings. The molecule has 19 heavy (non-hydrogen) atoms. The van der Waals surface area contributed by atoms with Gasteiger partial charge >= 0.3 is 0 Å². The molecule has 0 aliphatic carbocycles. The summed E-state index contributed by atoms with van der Waals surface area (Å²) in [5.41, 5.74) is 0.985. The summed E-state index contributed by atoms with van der Waals surface area (Å²) < 4.78 is 5.49. The van der Waals surface area contributed by atoms with Crippen molar-refractivity contribution >= 4 is 23.2 Å². The van der Waals surface area contributed by atoms with Crippen molar-refractivity contribution in [2.45, 2.75) is 13.0 Å². The van der Waals surface area contributed by atoms with Gasteiger partial charge in [-0.05, 0) is 19.1 Å². The summed E-state index contributed by atoms with van der Waals surface area (Å²) in [6.45, 7) is 2.40. The molecule has 0 bridgehead atoms. The number of aliphatic hydroxyl groups excluding tert-OH is 1. The van der Waals surface area contributed by atoms with Crippen LogP contribution in [0.25, 0.3) is 0 Å². The molecule has 2 rings (SSSR count). The van der Waals surface area contributed by atoms with E-state index < -0.39 is 6.10 Å². The molecule has 1 atom stereocenters. The molecule has 1 N–H and O–H groups in total. The predicted octanol–water partition coefficient (Wildman–Crippen LogP) is 3.87. The maximum Gasteiger partial charge on any atom is 0.126 e. The zero-order valence-corrected chi connectivity index (χ0v) is 11.8. The van der Waals surface area contributed by atoms with Gasteiger partial charge in [0.15, 0.2) is 0 Å². The highest BCUT2D eigenvalue weighted by molar-refractivity contribution is 6.34. The Labute approximate surface area is 121 Å². The first-order valence-corrected chi connectivity index (χ1v) is 6.59. The first-order valence-electron chi connectivity index (χ1n) is 5.84. The molecular weight excluding hydrogens is 285 g/mol. The van der Waals surface area contributed by atoms with Crippen molar-refractivity contribution in [3.05, 3.63) is 57.8 Å². The van der Waals surface area contributed by atoms with Gasteiger partial charge in [-0.15, -0.1) is 0 Å². The lowest BCUT2D eigenvalue weighted by molar-refractivity contribution is 0.207. The molecule has 1 heterocycles. The molecule has 2 aromatic rings. The fourth-order valence-electron chi connectivity index (χ4n) is 1.77. The second-order valence-corrected chi connectivity index (χ2v) is 4.74. The van der Waals surface area contributed by atoms with Gasteiger partial charge in [0.25, 0.3) is 0 Å². The molecule has 1 aromatic heterocycles. The molecule has 3 nitrogen and oxygen atoms in total. The first kappa shape index (κ1) is 14.1. The summed E-state index contributed by atoms with van der Waals surface area (Å²) in [7, 11) is 0. The molecular formula is C14H13Cl2NO2. The van der Waals surface area contributed by atoms with Crippen LogP contribution in [0.15, 0.2) is 36.5 Å². The van der Waals surface area contributed by atoms with Crippen LogP contribution in [0.3, 0.4) is 0 Å². The number of pyridine rings is 1. The van der Waals surface area contributed by atoms with Crippen molar-refractivity contribution < 1.29 is 9.84 Å². The smallest absolute Gasteiger partial charge is 0.126 e. The summed E-state index contributed by atoms with van der Waals surface area (Å²) in [6.07, 6.45) is 0.502. The van der Waals surface area contributed by atoms with Gasteiger partial charge in [0.1, 0.15) is 11.9 Å². The summed E-state index contributed by atoms with van der Waals surface area (Å²) in [5, 5.41) is 11.2. The van der Waals surface area contributed by atoms with E-state index in [0.29, 0.717) is 33.7 Å². The highest BCUT2D eigenvalue weighted by atomic mass is 35.5. The standard InChI is InChI=1S/C14H13Cl2NO2/c1-2-19-12-6-4-3-5-10(12)14(18)13-11(16)7-9(15)8-17-13/h3-8,14,18H,2H2,1H3. The zero-order chi connectivity index (χ0) is 13.8. The van der Waals surface area contributed by atoms with E-state index in [4.69, 9.17) is 27.9 Å². The van der Waals surface area contributed by atoms with Crippen LogP contribution in [0.5, 0.6) is 5.75 Å². The number of hydrogen-bond acceptors (Lipinski definition) is 3. The minimum Gasteiger partial charge on any atom is -0.493 e. The Morgan fingerprint density at radius 3 is 2.74 bits per heavy atom. The number of ether oxygens (including phenoxy) is 1. The van der Waals surface area contributed by atoms with Crippen molar-refractivity contribution in [3.63, 3.8) is 0 Å². The van der Waals surface area contributed by atoms with E-state index in [-0.39, 0.29) is 0 Å². The van der Waals surface area contributed by atoms with Crippen molar-refractivity contribution in [1.29, 1.82) is 0 Å². The first-order chi connectivity index (χ1) is 9.13. The maximum absolute atomic E-state index is 10.4. The predicted molar refractivity (Wildman–Crippen MR) is 75.9 cm³/mol. The van der Waals surface area contributed by atoms with Crippen LogP contribution in [0, 0.1) is 0 Å². The fraction of sp³-hybridized carbons (Fsp3) is 0.214. The van der Waals surface area contributed by atoms with Gasteiger partial charge in [-0.3, -0.25) is 4.98 Å². The second kappa shape index (κ2) is 6.24. The van der Waals surface area contributed by atoms with E-state index in [1.165, 1.54) is 6.20 Å². The van der Waals surface area contributed by atoms with E-state index in [0.717, 1.165) is 0 Å². The molecule has 0 amide bonds. The summed E-state index contributed by atoms with van der Waals surface area (Å²) in [5.74, 6) is 0.616. The number of halogens is 2. The topological polar surface area (TPSA) is 42.4 Å². The van der Waals surface area contributed by atoms with Crippen LogP contribution >= 0.6 is 23.2 Å². The normalized spacial score (nSPS) is 12.2. The van der Waals surface area contributed by atoms with E-state index >= 15 is 0 Å². The average molecular weight is 298 g/mol. The minimum atomic E-state index is -0.951. The monoisotopic (exact) mass is 297 g/mol. The van der Waals surface area contributed by atoms with Crippen LogP contribution in [0.4, 0.5) is 0 Å². The number of para-hydroxylation sites is 1. The Bertz CT molecular complexity index is 575. The zero-order valence-electron chi connectivity index (χ0n) is 10.3. The van der Waals surface area contributed by atoms with Crippen LogP contribution in [-0.4, -0.2) is 16.7 Å². The molecule has 0 aliphatic rings. The molecule has 100 valence electrons. The molecule has 1 unspecified atom stereocenters. The van der Waals surface area contributed by atoms with Crippen molar-refractivity contribution in [2.24, 2.45) is 0 Å². The molecule has 0 saturated heterocycles. The Hall–Kier alpha value is -1.29. The Balaban J connectivity index is 2.41. The summed E-state index contributed by atoms with van der Waals surface area (Å²) in [6, 6.07) is 8.80. The molecule has 0 radical (unpaired) electrons. The van der Waals surface area contributed by atoms with Gasteiger partial charge in [-0.1, -0.05) is 41.4 Å². The Kier molecular flexibility index (Phi) is 4.64. The lowest BCUT2D eigenvalue weighted by Crippen LogP contribution is -2.06. The Morgan fingerprint density at radius 2 is 2.05 bits per heavy atom. The third-order valence-corrected chi connectivity index (χ3v) is 3.12. The van der Waals surface area contributed by atoms with Crippen LogP contribution < -0.4 is 4.74 Å². The van der Waals surface area contributed by atoms with Gasteiger partial charge in [0.05, 0.1) is 22.3 Å². The molecule has 0 aliphatic heterocycles. The SMILES string of the molecule is CCOc1ccccc1C(O)c1ncc(Cl)cc1Cl. The average Bonchev–Trinajstić information content (AvgIpc) is 2.39. The quantitative estimate of drug-likeness (QED) is 0.931. The summed E-state index contributed by atoms with van der Waals surface area (Å²) in [4.78, 5) is 4.09. The van der Waals surface area contributed by atoms with Crippen LogP contribution in [0.1, 0.15) is 24.3 Å². The van der Waals surface area contributed by atoms with Gasteiger partial charge < -0.3 is 9.84 Å². The maximum atomic E-state index is 10.4. The lowest BCUT2D eigenvalue weighted by Gasteiger charge is -2.16. The molecule has 5 heteroatoms. The van der Waals surface area contributed by atoms with E-state index in [9.17, 15) is 5.11 Å². The third kappa shape index (κ3) is 3.18. The number of rotatable bonds is 4. The van der Waals surface area contributed by atoms with Gasteiger partial charge in [-0.2, -0.15) is 0 Å². The summed E-state index contributed by atoms with van der Waals surface area (Å²) >= 11 is 11.9. The number of benzene rings is 1. The molecule has 0 spiro atoms. The third-order valence-electron chi connectivity index (χ3n) is 2.61. The molecule has 1 aromatic carbocycles. The van der Waals surface area contributed by atoms with Crippen molar-refractivity contribution in [3.8, 4) is 5.75 Å². The van der Waals surface area contributed by atoms with E-state index in [2.05, 4.69) is 4.98 Å². The number of hydrogen-bond donors (Lipinski definition) is 1. The number of nitrogens with zero attached hydrogens (tertiary/aromatic N) is 1. The highest BCUT2D eigenvalue weighted by Gasteiger charge is 2.19. The number of aromatic nitrogens is 1. The van der Waals surface area contributed by atoms with E-state index in [1.54, 1.807) is 18.2 Å². The second-order valence-electron chi connectivity index (χ2n) is 3.89. The van der Waals surface area contributed by atoms with Crippen LogP contribution in [-0.2, 0) is 0 Å². The van der Waals surface area contributed by atoms with Gasteiger partial charge in [0.2, 0.25) is 0 Å². The van der Waals surface area contributed by atoms with Crippen molar-refractivity contribution in [2.75, 3.05) is 6.61 Å². The Morgan fingerprint density at radius 1 is 1.32 bits per heavy atom. The largest absolute Gasteiger partial charge is 0.493 e. The lowest BCUT2D eigenvalue weighted by atomic mass is 10.0. The van der Waals surface area contributed by atoms with E-state index in [1.807, 2.05) is 19.1 Å². The van der Waals surface area contributed by atoms with Crippen LogP contribution in [0.2, 0.25) is 10.0 Å². The van der Waals surface area contributed by atoms with Crippen molar-refractivity contribution in [1.82, 2.24) is 4.98 Å². The highest BCUT2D eigenvalue weighted by Crippen LogP contribution is 2.33. The number of aliphatic hydroxyl groups is 1. The minimum absolute atomic E-state index is 0.325. The van der Waals surface area contributed by atoms with Gasteiger partial charge in [0, 0.05) is 11.8 Å². The van der Waals surface area contributed by atoms with Gasteiger partial charge in [-0.25, -0.2) is 0 Å².